The zero-order chi connectivity index (χ0) is 15.5. The van der Waals surface area contributed by atoms with Crippen LogP contribution in [0.1, 0.15) is 5.56 Å². The Bertz CT molecular complexity index is 730. The molecule has 0 amide bonds. The lowest BCUT2D eigenvalue weighted by Gasteiger charge is -2.09. The minimum absolute atomic E-state index is 0.191. The number of nitrogens with one attached hydrogen (secondary N) is 1. The molecule has 2 aromatic rings. The van der Waals surface area contributed by atoms with Gasteiger partial charge in [-0.1, -0.05) is 12.1 Å². The molecule has 5 nitrogen and oxygen atoms in total. The van der Waals surface area contributed by atoms with Gasteiger partial charge in [0.15, 0.2) is 0 Å². The summed E-state index contributed by atoms with van der Waals surface area (Å²) in [4.78, 5) is -0.260. The van der Waals surface area contributed by atoms with E-state index < -0.39 is 15.8 Å². The Morgan fingerprint density at radius 1 is 1.14 bits per heavy atom. The molecule has 0 fully saturated rings. The molecule has 4 N–H and O–H groups in total. The number of aromatic hydroxyl groups is 1. The van der Waals surface area contributed by atoms with E-state index in [9.17, 15) is 12.8 Å². The third-order valence-electron chi connectivity index (χ3n) is 2.93. The Labute approximate surface area is 122 Å². The molecule has 0 aliphatic heterocycles. The number of rotatable bonds is 5. The second kappa shape index (κ2) is 6.11. The van der Waals surface area contributed by atoms with Gasteiger partial charge < -0.3 is 10.4 Å². The molecule has 0 saturated carbocycles. The van der Waals surface area contributed by atoms with Crippen LogP contribution in [-0.2, 0) is 16.4 Å². The van der Waals surface area contributed by atoms with Crippen LogP contribution in [0.4, 0.5) is 10.1 Å². The Morgan fingerprint density at radius 2 is 1.81 bits per heavy atom. The first-order chi connectivity index (χ1) is 9.86. The highest BCUT2D eigenvalue weighted by Gasteiger charge is 2.11. The lowest BCUT2D eigenvalue weighted by atomic mass is 10.1. The summed E-state index contributed by atoms with van der Waals surface area (Å²) in [5.41, 5.74) is 1.20. The van der Waals surface area contributed by atoms with Crippen LogP contribution in [-0.4, -0.2) is 20.1 Å². The van der Waals surface area contributed by atoms with Crippen molar-refractivity contribution in [2.75, 3.05) is 11.9 Å². The molecule has 0 aromatic heterocycles. The fraction of sp³-hybridized carbons (Fsp3) is 0.143. The SMILES string of the molecule is NS(=O)(=O)c1ccc(NCCc2ccc(O)cc2)c(F)c1. The third-order valence-corrected chi connectivity index (χ3v) is 3.85. The molecule has 0 heterocycles. The fourth-order valence-corrected chi connectivity index (χ4v) is 2.35. The van der Waals surface area contributed by atoms with E-state index in [0.29, 0.717) is 13.0 Å². The number of anilines is 1. The minimum atomic E-state index is -3.90. The second-order valence-electron chi connectivity index (χ2n) is 4.53. The van der Waals surface area contributed by atoms with Crippen molar-refractivity contribution in [3.05, 3.63) is 53.8 Å². The summed E-state index contributed by atoms with van der Waals surface area (Å²) < 4.78 is 35.9. The number of nitrogens with two attached hydrogens (primary N) is 1. The van der Waals surface area contributed by atoms with Crippen LogP contribution in [0.25, 0.3) is 0 Å². The van der Waals surface area contributed by atoms with Gasteiger partial charge in [-0.3, -0.25) is 0 Å². The van der Waals surface area contributed by atoms with Crippen molar-refractivity contribution in [1.29, 1.82) is 0 Å². The summed E-state index contributed by atoms with van der Waals surface area (Å²) in [6.45, 7) is 0.469. The predicted octanol–water partition coefficient (Wildman–Crippen LogP) is 1.83. The number of primary sulfonamides is 1. The number of halogens is 1. The summed E-state index contributed by atoms with van der Waals surface area (Å²) in [5.74, 6) is -0.483. The summed E-state index contributed by atoms with van der Waals surface area (Å²) in [6, 6.07) is 10.2. The zero-order valence-electron chi connectivity index (χ0n) is 11.1. The number of phenols is 1. The van der Waals surface area contributed by atoms with E-state index in [1.54, 1.807) is 24.3 Å². The maximum atomic E-state index is 13.7. The van der Waals surface area contributed by atoms with Crippen molar-refractivity contribution < 1.29 is 17.9 Å². The number of hydrogen-bond donors (Lipinski definition) is 3. The molecule has 0 unspecified atom stereocenters. The highest BCUT2D eigenvalue weighted by Crippen LogP contribution is 2.18. The van der Waals surface area contributed by atoms with Gasteiger partial charge in [0.25, 0.3) is 0 Å². The molecule has 0 bridgehead atoms. The van der Waals surface area contributed by atoms with Crippen molar-refractivity contribution >= 4 is 15.7 Å². The van der Waals surface area contributed by atoms with Crippen LogP contribution in [0, 0.1) is 5.82 Å². The molecular formula is C14H15FN2O3S. The van der Waals surface area contributed by atoms with Crippen LogP contribution in [0.2, 0.25) is 0 Å². The van der Waals surface area contributed by atoms with Gasteiger partial charge in [0.05, 0.1) is 10.6 Å². The second-order valence-corrected chi connectivity index (χ2v) is 6.09. The quantitative estimate of drug-likeness (QED) is 0.785. The van der Waals surface area contributed by atoms with E-state index in [2.05, 4.69) is 5.32 Å². The molecular weight excluding hydrogens is 295 g/mol. The predicted molar refractivity (Wildman–Crippen MR) is 78.1 cm³/mol. The number of benzene rings is 2. The number of phenolic OH excluding ortho intramolecular Hbond substituents is 1. The monoisotopic (exact) mass is 310 g/mol. The van der Waals surface area contributed by atoms with Crippen molar-refractivity contribution in [3.8, 4) is 5.75 Å². The minimum Gasteiger partial charge on any atom is -0.508 e. The first kappa shape index (κ1) is 15.3. The molecule has 112 valence electrons. The van der Waals surface area contributed by atoms with Crippen molar-refractivity contribution in [1.82, 2.24) is 0 Å². The van der Waals surface area contributed by atoms with E-state index in [0.717, 1.165) is 11.6 Å². The van der Waals surface area contributed by atoms with Gasteiger partial charge in [0.2, 0.25) is 10.0 Å². The summed E-state index contributed by atoms with van der Waals surface area (Å²) in [7, 11) is -3.90. The number of sulfonamides is 1. The van der Waals surface area contributed by atoms with Crippen LogP contribution >= 0.6 is 0 Å². The fourth-order valence-electron chi connectivity index (χ4n) is 1.82. The molecule has 2 rings (SSSR count). The Kier molecular flexibility index (Phi) is 4.44. The van der Waals surface area contributed by atoms with Crippen LogP contribution in [0.3, 0.4) is 0 Å². The molecule has 21 heavy (non-hydrogen) atoms. The Balaban J connectivity index is 1.99. The van der Waals surface area contributed by atoms with Crippen LogP contribution in [0.5, 0.6) is 5.75 Å². The highest BCUT2D eigenvalue weighted by molar-refractivity contribution is 7.89. The lowest BCUT2D eigenvalue weighted by molar-refractivity contribution is 0.475. The summed E-state index contributed by atoms with van der Waals surface area (Å²) in [6.07, 6.45) is 0.636. The summed E-state index contributed by atoms with van der Waals surface area (Å²) >= 11 is 0. The smallest absolute Gasteiger partial charge is 0.238 e. The van der Waals surface area contributed by atoms with Crippen molar-refractivity contribution in [2.45, 2.75) is 11.3 Å². The lowest BCUT2D eigenvalue weighted by Crippen LogP contribution is -2.13. The molecule has 0 spiro atoms. The standard InChI is InChI=1S/C14H15FN2O3S/c15-13-9-12(21(16,19)20)5-6-14(13)17-8-7-10-1-3-11(18)4-2-10/h1-6,9,17-18H,7-8H2,(H2,16,19,20). The first-order valence-corrected chi connectivity index (χ1v) is 7.75. The summed E-state index contributed by atoms with van der Waals surface area (Å²) in [5, 5.41) is 17.0. The van der Waals surface area contributed by atoms with E-state index >= 15 is 0 Å². The average molecular weight is 310 g/mol. The molecule has 0 atom stereocenters. The largest absolute Gasteiger partial charge is 0.508 e. The molecule has 7 heteroatoms. The Hall–Kier alpha value is -2.12. The maximum Gasteiger partial charge on any atom is 0.238 e. The zero-order valence-corrected chi connectivity index (χ0v) is 11.9. The van der Waals surface area contributed by atoms with Gasteiger partial charge in [-0.25, -0.2) is 17.9 Å². The van der Waals surface area contributed by atoms with E-state index in [-0.39, 0.29) is 16.3 Å². The number of hydrogen-bond acceptors (Lipinski definition) is 4. The average Bonchev–Trinajstić information content (AvgIpc) is 2.41. The van der Waals surface area contributed by atoms with E-state index in [1.165, 1.54) is 12.1 Å². The van der Waals surface area contributed by atoms with Crippen LogP contribution < -0.4 is 10.5 Å². The Morgan fingerprint density at radius 3 is 2.38 bits per heavy atom. The van der Waals surface area contributed by atoms with Crippen molar-refractivity contribution in [2.24, 2.45) is 5.14 Å². The molecule has 0 aliphatic rings. The van der Waals surface area contributed by atoms with Gasteiger partial charge in [-0.05, 0) is 42.3 Å². The molecule has 0 saturated heterocycles. The van der Waals surface area contributed by atoms with Crippen LogP contribution in [0.15, 0.2) is 47.4 Å². The maximum absolute atomic E-state index is 13.7. The molecule has 0 radical (unpaired) electrons. The van der Waals surface area contributed by atoms with Gasteiger partial charge in [0, 0.05) is 6.54 Å². The van der Waals surface area contributed by atoms with Gasteiger partial charge in [-0.2, -0.15) is 0 Å². The van der Waals surface area contributed by atoms with E-state index in [4.69, 9.17) is 10.2 Å². The van der Waals surface area contributed by atoms with E-state index in [1.807, 2.05) is 0 Å². The normalized spacial score (nSPS) is 11.3. The topological polar surface area (TPSA) is 92.4 Å². The highest BCUT2D eigenvalue weighted by atomic mass is 32.2. The third kappa shape index (κ3) is 4.17. The van der Waals surface area contributed by atoms with Gasteiger partial charge in [0.1, 0.15) is 11.6 Å². The van der Waals surface area contributed by atoms with Gasteiger partial charge >= 0.3 is 0 Å². The molecule has 0 aliphatic carbocycles. The molecule has 2 aromatic carbocycles. The van der Waals surface area contributed by atoms with Crippen molar-refractivity contribution in [3.63, 3.8) is 0 Å². The van der Waals surface area contributed by atoms with Gasteiger partial charge in [-0.15, -0.1) is 0 Å². The first-order valence-electron chi connectivity index (χ1n) is 6.20.